The summed E-state index contributed by atoms with van der Waals surface area (Å²) in [6, 6.07) is 8.49. The fourth-order valence-electron chi connectivity index (χ4n) is 5.22. The molecule has 0 radical (unpaired) electrons. The number of hydrogen-bond donors (Lipinski definition) is 0. The molecule has 5 nitrogen and oxygen atoms in total. The van der Waals surface area contributed by atoms with Crippen molar-refractivity contribution in [1.29, 1.82) is 0 Å². The smallest absolute Gasteiger partial charge is 0.313 e. The van der Waals surface area contributed by atoms with Crippen molar-refractivity contribution < 1.29 is 14.4 Å². The van der Waals surface area contributed by atoms with Gasteiger partial charge in [0.25, 0.3) is 5.91 Å². The molecule has 1 aromatic rings. The van der Waals surface area contributed by atoms with Gasteiger partial charge in [-0.3, -0.25) is 14.5 Å². The predicted octanol–water partition coefficient (Wildman–Crippen LogP) is 2.96. The largest absolute Gasteiger partial charge is 0.327 e. The number of carbonyl (C=O) groups is 3. The van der Waals surface area contributed by atoms with E-state index in [4.69, 9.17) is 0 Å². The predicted molar refractivity (Wildman–Crippen MR) is 93.0 cm³/mol. The van der Waals surface area contributed by atoms with Crippen molar-refractivity contribution in [2.75, 3.05) is 13.6 Å². The van der Waals surface area contributed by atoms with E-state index >= 15 is 0 Å². The standard InChI is InChI=1S/C20H24N2O3/c1-20(16-11-13-8-9-15(16)10-13)18(24)22(19(25)21(20)2)12-17(23)14-6-4-3-5-7-14/h3-7,13,15-16H,8-12H2,1-2H3/t13-,15-,16?,20?/m0/s1. The number of ketones is 1. The van der Waals surface area contributed by atoms with Crippen molar-refractivity contribution in [2.24, 2.45) is 17.8 Å². The Bertz CT molecular complexity index is 732. The summed E-state index contributed by atoms with van der Waals surface area (Å²) in [5.74, 6) is 1.03. The summed E-state index contributed by atoms with van der Waals surface area (Å²) in [4.78, 5) is 41.2. The zero-order valence-corrected chi connectivity index (χ0v) is 14.8. The SMILES string of the molecule is CN1C(=O)N(CC(=O)c2ccccc2)C(=O)C1(C)C1C[C@H]2CC[C@H]1C2. The summed E-state index contributed by atoms with van der Waals surface area (Å²) in [7, 11) is 1.71. The van der Waals surface area contributed by atoms with Crippen LogP contribution in [0.15, 0.2) is 30.3 Å². The van der Waals surface area contributed by atoms with Gasteiger partial charge >= 0.3 is 6.03 Å². The molecule has 0 aromatic heterocycles. The summed E-state index contributed by atoms with van der Waals surface area (Å²) in [6.45, 7) is 1.72. The Morgan fingerprint density at radius 3 is 2.48 bits per heavy atom. The van der Waals surface area contributed by atoms with E-state index < -0.39 is 5.54 Å². The van der Waals surface area contributed by atoms with Gasteiger partial charge in [0.2, 0.25) is 0 Å². The van der Waals surface area contributed by atoms with Gasteiger partial charge in [-0.1, -0.05) is 36.8 Å². The fourth-order valence-corrected chi connectivity index (χ4v) is 5.22. The lowest BCUT2D eigenvalue weighted by Gasteiger charge is -2.39. The zero-order chi connectivity index (χ0) is 17.8. The van der Waals surface area contributed by atoms with E-state index in [0.29, 0.717) is 17.4 Å². The molecule has 1 saturated heterocycles. The molecule has 3 aliphatic rings. The van der Waals surface area contributed by atoms with Crippen LogP contribution in [0, 0.1) is 17.8 Å². The fraction of sp³-hybridized carbons (Fsp3) is 0.550. The number of rotatable bonds is 4. The lowest BCUT2D eigenvalue weighted by molar-refractivity contribution is -0.135. The molecule has 2 bridgehead atoms. The van der Waals surface area contributed by atoms with E-state index in [2.05, 4.69) is 0 Å². The molecule has 0 N–H and O–H groups in total. The number of likely N-dealkylation sites (N-methyl/N-ethyl adjacent to an activating group) is 1. The number of fused-ring (bicyclic) bond motifs is 2. The first-order chi connectivity index (χ1) is 11.9. The molecule has 0 spiro atoms. The van der Waals surface area contributed by atoms with Crippen molar-refractivity contribution in [3.8, 4) is 0 Å². The van der Waals surface area contributed by atoms with Crippen LogP contribution in [0.2, 0.25) is 0 Å². The van der Waals surface area contributed by atoms with E-state index in [-0.39, 0.29) is 30.2 Å². The first-order valence-corrected chi connectivity index (χ1v) is 9.11. The Morgan fingerprint density at radius 2 is 1.88 bits per heavy atom. The van der Waals surface area contributed by atoms with Crippen molar-refractivity contribution in [2.45, 2.75) is 38.1 Å². The lowest BCUT2D eigenvalue weighted by Crippen LogP contribution is -2.53. The highest BCUT2D eigenvalue weighted by molar-refractivity contribution is 6.11. The summed E-state index contributed by atoms with van der Waals surface area (Å²) in [5.41, 5.74) is -0.285. The van der Waals surface area contributed by atoms with Crippen LogP contribution in [-0.2, 0) is 4.79 Å². The lowest BCUT2D eigenvalue weighted by atomic mass is 9.74. The number of urea groups is 1. The summed E-state index contributed by atoms with van der Waals surface area (Å²) in [5, 5.41) is 0. The normalized spacial score (nSPS) is 34.2. The van der Waals surface area contributed by atoms with Crippen LogP contribution in [-0.4, -0.2) is 46.7 Å². The molecule has 2 unspecified atom stereocenters. The van der Waals surface area contributed by atoms with Crippen LogP contribution in [0.3, 0.4) is 0 Å². The Balaban J connectivity index is 1.58. The van der Waals surface area contributed by atoms with Crippen molar-refractivity contribution in [3.63, 3.8) is 0 Å². The molecule has 1 aromatic carbocycles. The van der Waals surface area contributed by atoms with Gasteiger partial charge in [-0.15, -0.1) is 0 Å². The molecule has 4 atom stereocenters. The summed E-state index contributed by atoms with van der Waals surface area (Å²) >= 11 is 0. The first kappa shape index (κ1) is 16.3. The van der Waals surface area contributed by atoms with Gasteiger partial charge in [0, 0.05) is 12.6 Å². The number of hydrogen-bond acceptors (Lipinski definition) is 3. The highest BCUT2D eigenvalue weighted by atomic mass is 16.2. The summed E-state index contributed by atoms with van der Waals surface area (Å²) in [6.07, 6.45) is 4.60. The van der Waals surface area contributed by atoms with Gasteiger partial charge in [-0.2, -0.15) is 0 Å². The van der Waals surface area contributed by atoms with E-state index in [9.17, 15) is 14.4 Å². The van der Waals surface area contributed by atoms with E-state index in [0.717, 1.165) is 17.7 Å². The molecule has 5 heteroatoms. The van der Waals surface area contributed by atoms with Crippen LogP contribution in [0.1, 0.15) is 43.0 Å². The highest BCUT2D eigenvalue weighted by Crippen LogP contribution is 2.54. The minimum absolute atomic E-state index is 0.178. The molecule has 25 heavy (non-hydrogen) atoms. The molecule has 2 saturated carbocycles. The van der Waals surface area contributed by atoms with Gasteiger partial charge < -0.3 is 4.90 Å². The second-order valence-corrected chi connectivity index (χ2v) is 7.95. The van der Waals surface area contributed by atoms with Gasteiger partial charge in [-0.25, -0.2) is 4.79 Å². The minimum Gasteiger partial charge on any atom is -0.313 e. The third-order valence-corrected chi connectivity index (χ3v) is 6.75. The second-order valence-electron chi connectivity index (χ2n) is 7.95. The van der Waals surface area contributed by atoms with Gasteiger partial charge in [0.05, 0.1) is 6.54 Å². The van der Waals surface area contributed by atoms with Crippen LogP contribution in [0.5, 0.6) is 0 Å². The number of carbonyl (C=O) groups excluding carboxylic acids is 3. The minimum atomic E-state index is -0.812. The monoisotopic (exact) mass is 340 g/mol. The molecule has 3 amide bonds. The van der Waals surface area contributed by atoms with Gasteiger partial charge in [0.15, 0.2) is 5.78 Å². The third-order valence-electron chi connectivity index (χ3n) is 6.75. The molecular formula is C20H24N2O3. The maximum absolute atomic E-state index is 13.2. The van der Waals surface area contributed by atoms with Gasteiger partial charge in [-0.05, 0) is 43.9 Å². The molecule has 1 aliphatic heterocycles. The molecule has 3 fully saturated rings. The highest BCUT2D eigenvalue weighted by Gasteiger charge is 2.61. The van der Waals surface area contributed by atoms with Crippen LogP contribution >= 0.6 is 0 Å². The number of Topliss-reactive ketones (excluding diaryl/α,β-unsaturated/α-hetero) is 1. The molecule has 2 aliphatic carbocycles. The maximum Gasteiger partial charge on any atom is 0.327 e. The Hall–Kier alpha value is -2.17. The second kappa shape index (κ2) is 5.68. The quantitative estimate of drug-likeness (QED) is 0.625. The number of amides is 3. The Labute approximate surface area is 148 Å². The molecule has 132 valence electrons. The van der Waals surface area contributed by atoms with Crippen molar-refractivity contribution in [1.82, 2.24) is 9.80 Å². The molecule has 1 heterocycles. The Kier molecular flexibility index (Phi) is 3.71. The maximum atomic E-state index is 13.2. The number of benzene rings is 1. The zero-order valence-electron chi connectivity index (χ0n) is 14.8. The van der Waals surface area contributed by atoms with Crippen molar-refractivity contribution >= 4 is 17.7 Å². The average molecular weight is 340 g/mol. The number of nitrogens with zero attached hydrogens (tertiary/aromatic N) is 2. The first-order valence-electron chi connectivity index (χ1n) is 9.11. The van der Waals surface area contributed by atoms with E-state index in [1.807, 2.05) is 13.0 Å². The van der Waals surface area contributed by atoms with Gasteiger partial charge in [0.1, 0.15) is 5.54 Å². The number of imide groups is 1. The van der Waals surface area contributed by atoms with Crippen LogP contribution in [0.4, 0.5) is 4.79 Å². The third kappa shape index (κ3) is 2.32. The van der Waals surface area contributed by atoms with E-state index in [1.165, 1.54) is 12.8 Å². The van der Waals surface area contributed by atoms with Crippen molar-refractivity contribution in [3.05, 3.63) is 35.9 Å². The molecule has 4 rings (SSSR count). The van der Waals surface area contributed by atoms with Crippen LogP contribution in [0.25, 0.3) is 0 Å². The average Bonchev–Trinajstić information content (AvgIpc) is 3.31. The topological polar surface area (TPSA) is 57.7 Å². The summed E-state index contributed by atoms with van der Waals surface area (Å²) < 4.78 is 0. The Morgan fingerprint density at radius 1 is 1.16 bits per heavy atom. The van der Waals surface area contributed by atoms with Crippen LogP contribution < -0.4 is 0 Å². The van der Waals surface area contributed by atoms with E-state index in [1.54, 1.807) is 36.2 Å². The molecular weight excluding hydrogens is 316 g/mol.